The maximum atomic E-state index is 5.64. The molecule has 0 saturated heterocycles. The molecule has 1 aliphatic rings. The van der Waals surface area contributed by atoms with Crippen LogP contribution in [0.3, 0.4) is 0 Å². The van der Waals surface area contributed by atoms with Crippen LogP contribution in [-0.4, -0.2) is 60.1 Å². The molecule has 0 atom stereocenters. The highest BCUT2D eigenvalue weighted by atomic mass is 127. The average molecular weight is 505 g/mol. The third-order valence-electron chi connectivity index (χ3n) is 5.25. The molecule has 1 aliphatic carbocycles. The fourth-order valence-electron chi connectivity index (χ4n) is 3.77. The van der Waals surface area contributed by atoms with Gasteiger partial charge in [-0.05, 0) is 25.3 Å². The van der Waals surface area contributed by atoms with Crippen molar-refractivity contribution in [2.75, 3.05) is 54.2 Å². The van der Waals surface area contributed by atoms with Gasteiger partial charge in [-0.2, -0.15) is 0 Å². The Morgan fingerprint density at radius 3 is 2.50 bits per heavy atom. The van der Waals surface area contributed by atoms with E-state index in [9.17, 15) is 0 Å². The zero-order valence-corrected chi connectivity index (χ0v) is 19.8. The third kappa shape index (κ3) is 7.40. The minimum Gasteiger partial charge on any atom is -0.496 e. The number of aliphatic imine (C=N–C) groups is 1. The van der Waals surface area contributed by atoms with Gasteiger partial charge in [-0.15, -0.1) is 24.0 Å². The molecule has 160 valence electrons. The summed E-state index contributed by atoms with van der Waals surface area (Å²) in [4.78, 5) is 4.37. The molecular formula is C21H36IN3O3. The number of nitrogens with zero attached hydrogens (tertiary/aromatic N) is 1. The summed E-state index contributed by atoms with van der Waals surface area (Å²) in [5.74, 6) is 1.82. The van der Waals surface area contributed by atoms with E-state index in [-0.39, 0.29) is 29.4 Å². The van der Waals surface area contributed by atoms with Crippen molar-refractivity contribution in [1.82, 2.24) is 10.6 Å². The minimum atomic E-state index is 0. The molecule has 1 aromatic rings. The molecule has 0 spiro atoms. The Bertz CT molecular complexity index is 578. The van der Waals surface area contributed by atoms with Crippen LogP contribution in [0.1, 0.15) is 37.7 Å². The van der Waals surface area contributed by atoms with Gasteiger partial charge in [0.1, 0.15) is 5.75 Å². The first-order valence-corrected chi connectivity index (χ1v) is 9.90. The molecule has 0 aromatic heterocycles. The molecule has 28 heavy (non-hydrogen) atoms. The number of para-hydroxylation sites is 1. The second-order valence-electron chi connectivity index (χ2n) is 7.00. The second kappa shape index (κ2) is 14.0. The Kier molecular flexibility index (Phi) is 12.5. The van der Waals surface area contributed by atoms with Crippen molar-refractivity contribution in [3.63, 3.8) is 0 Å². The summed E-state index contributed by atoms with van der Waals surface area (Å²) in [5.41, 5.74) is 1.41. The molecule has 1 aromatic carbocycles. The van der Waals surface area contributed by atoms with Crippen LogP contribution in [0.15, 0.2) is 29.3 Å². The normalized spacial score (nSPS) is 15.8. The fraction of sp³-hybridized carbons (Fsp3) is 0.667. The van der Waals surface area contributed by atoms with Gasteiger partial charge in [0.2, 0.25) is 0 Å². The Morgan fingerprint density at radius 1 is 1.07 bits per heavy atom. The number of nitrogens with one attached hydrogen (secondary N) is 2. The first-order valence-electron chi connectivity index (χ1n) is 9.90. The van der Waals surface area contributed by atoms with Gasteiger partial charge >= 0.3 is 0 Å². The fourth-order valence-corrected chi connectivity index (χ4v) is 3.77. The summed E-state index contributed by atoms with van der Waals surface area (Å²) >= 11 is 0. The lowest BCUT2D eigenvalue weighted by atomic mass is 9.78. The molecule has 0 aliphatic heterocycles. The number of hydrogen-bond acceptors (Lipinski definition) is 4. The monoisotopic (exact) mass is 505 g/mol. The summed E-state index contributed by atoms with van der Waals surface area (Å²) in [6, 6.07) is 8.41. The highest BCUT2D eigenvalue weighted by Crippen LogP contribution is 2.44. The van der Waals surface area contributed by atoms with Gasteiger partial charge in [0.25, 0.3) is 0 Å². The van der Waals surface area contributed by atoms with Gasteiger partial charge in [-0.1, -0.05) is 31.0 Å². The molecule has 1 saturated carbocycles. The van der Waals surface area contributed by atoms with Crippen LogP contribution in [-0.2, 0) is 14.9 Å². The molecule has 0 radical (unpaired) electrons. The number of halogens is 1. The number of ether oxygens (including phenoxy) is 3. The molecule has 0 amide bonds. The van der Waals surface area contributed by atoms with Crippen molar-refractivity contribution in [3.05, 3.63) is 29.8 Å². The number of rotatable bonds is 11. The Morgan fingerprint density at radius 2 is 1.82 bits per heavy atom. The predicted octanol–water partition coefficient (Wildman–Crippen LogP) is 3.34. The number of guanidine groups is 1. The van der Waals surface area contributed by atoms with Gasteiger partial charge in [0, 0.05) is 44.8 Å². The lowest BCUT2D eigenvalue weighted by molar-refractivity contribution is 0.0698. The molecule has 2 N–H and O–H groups in total. The summed E-state index contributed by atoms with van der Waals surface area (Å²) in [7, 11) is 5.25. The van der Waals surface area contributed by atoms with E-state index in [4.69, 9.17) is 14.2 Å². The molecule has 2 rings (SSSR count). The quantitative estimate of drug-likeness (QED) is 0.209. The smallest absolute Gasteiger partial charge is 0.191 e. The Hall–Kier alpha value is -1.06. The standard InChI is InChI=1S/C21H35N3O3.HI/c1-22-20(23-13-8-14-27-16-15-25-2)24-17-21(11-6-7-12-21)18-9-4-5-10-19(18)26-3;/h4-5,9-10H,6-8,11-17H2,1-3H3,(H2,22,23,24);1H. The highest BCUT2D eigenvalue weighted by molar-refractivity contribution is 14.0. The number of benzene rings is 1. The first kappa shape index (κ1) is 25.0. The molecule has 6 nitrogen and oxygen atoms in total. The molecular weight excluding hydrogens is 469 g/mol. The van der Waals surface area contributed by atoms with E-state index in [1.165, 1.54) is 31.2 Å². The van der Waals surface area contributed by atoms with E-state index >= 15 is 0 Å². The van der Waals surface area contributed by atoms with Gasteiger partial charge in [-0.25, -0.2) is 0 Å². The zero-order valence-electron chi connectivity index (χ0n) is 17.5. The number of hydrogen-bond donors (Lipinski definition) is 2. The van der Waals surface area contributed by atoms with E-state index in [0.29, 0.717) is 13.2 Å². The Balaban J connectivity index is 0.00000392. The lowest BCUT2D eigenvalue weighted by Gasteiger charge is -2.32. The van der Waals surface area contributed by atoms with Crippen molar-refractivity contribution < 1.29 is 14.2 Å². The van der Waals surface area contributed by atoms with Crippen molar-refractivity contribution in [1.29, 1.82) is 0 Å². The maximum Gasteiger partial charge on any atom is 0.191 e. The average Bonchev–Trinajstić information content (AvgIpc) is 3.19. The summed E-state index contributed by atoms with van der Waals surface area (Å²) in [6.45, 7) is 3.69. The van der Waals surface area contributed by atoms with E-state index < -0.39 is 0 Å². The summed E-state index contributed by atoms with van der Waals surface area (Å²) in [6.07, 6.45) is 5.78. The zero-order chi connectivity index (χ0) is 19.4. The van der Waals surface area contributed by atoms with Crippen molar-refractivity contribution in [2.45, 2.75) is 37.5 Å². The van der Waals surface area contributed by atoms with Crippen molar-refractivity contribution >= 4 is 29.9 Å². The van der Waals surface area contributed by atoms with Crippen LogP contribution >= 0.6 is 24.0 Å². The molecule has 7 heteroatoms. The number of methoxy groups -OCH3 is 2. The molecule has 1 fully saturated rings. The highest BCUT2D eigenvalue weighted by Gasteiger charge is 2.37. The largest absolute Gasteiger partial charge is 0.496 e. The van der Waals surface area contributed by atoms with Crippen LogP contribution < -0.4 is 15.4 Å². The second-order valence-corrected chi connectivity index (χ2v) is 7.00. The van der Waals surface area contributed by atoms with Crippen molar-refractivity contribution in [2.24, 2.45) is 4.99 Å². The Labute approximate surface area is 186 Å². The molecule has 0 heterocycles. The van der Waals surface area contributed by atoms with Gasteiger partial charge in [0.05, 0.1) is 20.3 Å². The topological polar surface area (TPSA) is 64.1 Å². The predicted molar refractivity (Wildman–Crippen MR) is 125 cm³/mol. The maximum absolute atomic E-state index is 5.64. The molecule has 0 bridgehead atoms. The van der Waals surface area contributed by atoms with Crippen molar-refractivity contribution in [3.8, 4) is 5.75 Å². The van der Waals surface area contributed by atoms with E-state index in [1.807, 2.05) is 13.1 Å². The summed E-state index contributed by atoms with van der Waals surface area (Å²) in [5, 5.41) is 6.91. The van der Waals surface area contributed by atoms with Gasteiger partial charge < -0.3 is 24.8 Å². The van der Waals surface area contributed by atoms with E-state index in [1.54, 1.807) is 14.2 Å². The van der Waals surface area contributed by atoms with Crippen LogP contribution in [0.25, 0.3) is 0 Å². The third-order valence-corrected chi connectivity index (χ3v) is 5.25. The van der Waals surface area contributed by atoms with Crippen LogP contribution in [0.5, 0.6) is 5.75 Å². The summed E-state index contributed by atoms with van der Waals surface area (Å²) < 4.78 is 16.1. The van der Waals surface area contributed by atoms with E-state index in [2.05, 4.69) is 33.8 Å². The van der Waals surface area contributed by atoms with Crippen LogP contribution in [0.2, 0.25) is 0 Å². The van der Waals surface area contributed by atoms with Crippen LogP contribution in [0.4, 0.5) is 0 Å². The van der Waals surface area contributed by atoms with Gasteiger partial charge in [0.15, 0.2) is 5.96 Å². The SMILES string of the molecule is CN=C(NCCCOCCOC)NCC1(c2ccccc2OC)CCCC1.I. The van der Waals surface area contributed by atoms with Gasteiger partial charge in [-0.3, -0.25) is 4.99 Å². The van der Waals surface area contributed by atoms with E-state index in [0.717, 1.165) is 37.8 Å². The van der Waals surface area contributed by atoms with Crippen LogP contribution in [0, 0.1) is 0 Å². The molecule has 0 unspecified atom stereocenters. The lowest BCUT2D eigenvalue weighted by Crippen LogP contribution is -2.45. The minimum absolute atomic E-state index is 0. The first-order chi connectivity index (χ1) is 13.3.